The highest BCUT2D eigenvalue weighted by Gasteiger charge is 2.62. The summed E-state index contributed by atoms with van der Waals surface area (Å²) in [7, 11) is 0. The third-order valence-corrected chi connectivity index (χ3v) is 18.5. The summed E-state index contributed by atoms with van der Waals surface area (Å²) in [6.45, 7) is -3.52. The summed E-state index contributed by atoms with van der Waals surface area (Å²) >= 11 is 0. The van der Waals surface area contributed by atoms with E-state index in [1.165, 1.54) is 0 Å². The molecule has 552 valence electrons. The first-order valence-corrected chi connectivity index (χ1v) is 30.4. The van der Waals surface area contributed by atoms with Gasteiger partial charge in [-0.15, -0.1) is 0 Å². The number of halogens is 4. The average Bonchev–Trinajstić information content (AvgIpc) is 1.29. The molecule has 4 saturated heterocycles. The zero-order valence-electron chi connectivity index (χ0n) is 51.3. The minimum atomic E-state index is -4.17. The van der Waals surface area contributed by atoms with Crippen molar-refractivity contribution < 1.29 is 126 Å². The Balaban J connectivity index is 0.000000284. The van der Waals surface area contributed by atoms with E-state index in [2.05, 4.69) is 60.2 Å². The Morgan fingerprint density at radius 3 is 1.45 bits per heavy atom. The Morgan fingerprint density at radius 2 is 0.898 bits per heavy atom. The maximum Gasteiger partial charge on any atom is 0.302 e. The molecule has 36 atom stereocenters. The van der Waals surface area contributed by atoms with E-state index >= 15 is 8.78 Å². The highest BCUT2D eigenvalue weighted by molar-refractivity contribution is 5.08. The number of aliphatic hydroxyl groups excluding tert-OH is 12. The van der Waals surface area contributed by atoms with Gasteiger partial charge < -0.3 is 143 Å². The molecule has 0 radical (unpaired) electrons. The summed E-state index contributed by atoms with van der Waals surface area (Å²) in [4.78, 5) is 15.5. The number of rotatable bonds is 24. The van der Waals surface area contributed by atoms with Crippen LogP contribution in [0.4, 0.5) is 17.6 Å². The molecule has 8 aliphatic rings. The van der Waals surface area contributed by atoms with Gasteiger partial charge in [0.15, 0.2) is 25.2 Å². The molecule has 4 aliphatic heterocycles. The van der Waals surface area contributed by atoms with E-state index in [1.807, 2.05) is 0 Å². The van der Waals surface area contributed by atoms with Crippen LogP contribution in [0.15, 0.2) is 30.7 Å². The zero-order chi connectivity index (χ0) is 72.4. The molecule has 0 bridgehead atoms. The topological polar surface area (TPSA) is 784 Å². The van der Waals surface area contributed by atoms with Gasteiger partial charge in [0.2, 0.25) is 0 Å². The first-order chi connectivity index (χ1) is 46.5. The molecule has 4 heterocycles. The minimum Gasteiger partial charge on any atom is -0.394 e. The number of alkyl halides is 4. The van der Waals surface area contributed by atoms with Crippen molar-refractivity contribution in [2.24, 2.45) is 76.9 Å². The molecular weight excluding hydrogens is 1340 g/mol. The molecule has 8 fully saturated rings. The fraction of sp³-hybridized carbons (Fsp3) is 1.00. The average molecular weight is 1420 g/mol. The molecule has 0 aromatic carbocycles. The van der Waals surface area contributed by atoms with E-state index in [1.54, 1.807) is 0 Å². The van der Waals surface area contributed by atoms with Crippen molar-refractivity contribution in [2.45, 2.75) is 245 Å². The van der Waals surface area contributed by atoms with Crippen LogP contribution in [0.25, 0.3) is 62.7 Å². The summed E-state index contributed by atoms with van der Waals surface area (Å²) in [5.74, 6) is -9.42. The molecule has 8 rings (SSSR count). The summed E-state index contributed by atoms with van der Waals surface area (Å²) in [6.07, 6.45) is -44.1. The highest BCUT2D eigenvalue weighted by Crippen LogP contribution is 2.43. The van der Waals surface area contributed by atoms with Crippen LogP contribution in [0.3, 0.4) is 0 Å². The monoisotopic (exact) mass is 1420 g/mol. The molecule has 46 nitrogen and oxygen atoms in total. The molecular formula is C48H80F4N24O22. The number of azide groups is 6. The van der Waals surface area contributed by atoms with Gasteiger partial charge in [0.05, 0.1) is 105 Å². The van der Waals surface area contributed by atoms with Gasteiger partial charge in [-0.2, -0.15) is 0 Å². The fourth-order valence-electron chi connectivity index (χ4n) is 13.1. The van der Waals surface area contributed by atoms with Crippen molar-refractivity contribution in [1.82, 2.24) is 0 Å². The van der Waals surface area contributed by atoms with E-state index in [-0.39, 0.29) is 32.4 Å². The van der Waals surface area contributed by atoms with Gasteiger partial charge in [-0.3, -0.25) is 0 Å². The Labute approximate surface area is 549 Å². The lowest BCUT2D eigenvalue weighted by Crippen LogP contribution is -2.69. The maximum atomic E-state index is 15.0. The fourth-order valence-corrected chi connectivity index (χ4v) is 13.1. The number of hydrogen-bond donors (Lipinski definition) is 18. The van der Waals surface area contributed by atoms with E-state index in [0.29, 0.717) is 0 Å². The predicted molar refractivity (Wildman–Crippen MR) is 311 cm³/mol. The number of ether oxygens (including phenoxy) is 10. The summed E-state index contributed by atoms with van der Waals surface area (Å²) in [5.41, 5.74) is 89.5. The van der Waals surface area contributed by atoms with Crippen LogP contribution in [0.1, 0.15) is 25.7 Å². The molecule has 98 heavy (non-hydrogen) atoms. The number of nitrogens with two attached hydrogens (primary N) is 6. The van der Waals surface area contributed by atoms with Gasteiger partial charge in [-0.05, 0) is 71.3 Å². The highest BCUT2D eigenvalue weighted by atomic mass is 19.3. The van der Waals surface area contributed by atoms with Crippen LogP contribution in [0.2, 0.25) is 0 Å². The van der Waals surface area contributed by atoms with Crippen molar-refractivity contribution in [3.63, 3.8) is 0 Å². The van der Waals surface area contributed by atoms with E-state index in [4.69, 9.17) is 109 Å². The first-order valence-electron chi connectivity index (χ1n) is 30.4. The molecule has 0 amide bonds. The Hall–Kier alpha value is -5.54. The maximum absolute atomic E-state index is 15.0. The van der Waals surface area contributed by atoms with Crippen molar-refractivity contribution in [2.75, 3.05) is 39.4 Å². The lowest BCUT2D eigenvalue weighted by molar-refractivity contribution is -0.333. The summed E-state index contributed by atoms with van der Waals surface area (Å²) < 4.78 is 116. The van der Waals surface area contributed by atoms with Crippen LogP contribution in [-0.4, -0.2) is 320 Å². The second-order valence-corrected chi connectivity index (χ2v) is 24.5. The van der Waals surface area contributed by atoms with Crippen molar-refractivity contribution in [3.05, 3.63) is 62.7 Å². The van der Waals surface area contributed by atoms with Gasteiger partial charge in [-0.25, -0.2) is 17.6 Å². The molecule has 50 heteroatoms. The number of aliphatic hydroxyl groups is 12. The van der Waals surface area contributed by atoms with Gasteiger partial charge in [-0.1, -0.05) is 30.7 Å². The molecule has 0 spiro atoms. The standard InChI is InChI=1S/C24H34F2N18O11.C24H46F2N6O11/c25-24(26)11(4-34-40-28)53-22(13(21(24)50)38-44-32)54-18-8(36-42-30)2-7(35-41-29)15(47)20(18)55-23-17(49)19(10(5-45)52-23)51-9-1-6(3-33-39-27)14(46)16(48)12(9)37-43-31;25-24(26)11(4-28)41-22(13(32)21(24)38)42-18-8(30)2-7(29)15(35)20(18)43-23-17(37)19(10(5-33)40-23)39-9-1-6(3-27)14(34)16(36)12(9)31/h6-23,45-50H,1-5H2;6-23,33-38H,1-5,27-32H2/t2*6-,7+,8-,9-,10+,11+,12-,13+,14+,15-,16+,17+,18+,19+,20+,21+,22+,23-/m00/s1. The molecule has 0 unspecified atom stereocenters. The Bertz CT molecular complexity index is 2920. The van der Waals surface area contributed by atoms with Crippen LogP contribution in [-0.2, 0) is 47.4 Å². The number of hydrogen-bond acceptors (Lipinski definition) is 34. The molecule has 4 aliphatic carbocycles. The normalized spacial score (nSPS) is 46.6. The third kappa shape index (κ3) is 17.0. The quantitative estimate of drug-likeness (QED) is 0.0185. The second-order valence-electron chi connectivity index (χ2n) is 24.5. The third-order valence-electron chi connectivity index (χ3n) is 18.5. The van der Waals surface area contributed by atoms with Crippen LogP contribution in [0, 0.1) is 11.8 Å². The number of nitrogens with zero attached hydrogens (tertiary/aromatic N) is 18. The van der Waals surface area contributed by atoms with Crippen molar-refractivity contribution >= 4 is 0 Å². The van der Waals surface area contributed by atoms with E-state index in [0.717, 1.165) is 0 Å². The summed E-state index contributed by atoms with van der Waals surface area (Å²) in [5, 5.41) is 148. The van der Waals surface area contributed by atoms with Crippen LogP contribution < -0.4 is 34.4 Å². The van der Waals surface area contributed by atoms with Crippen LogP contribution in [0.5, 0.6) is 0 Å². The lowest BCUT2D eigenvalue weighted by atomic mass is 9.79. The lowest BCUT2D eigenvalue weighted by Gasteiger charge is -2.47. The molecule has 4 saturated carbocycles. The second kappa shape index (κ2) is 34.9. The van der Waals surface area contributed by atoms with Gasteiger partial charge in [0, 0.05) is 60.6 Å². The van der Waals surface area contributed by atoms with Crippen molar-refractivity contribution in [1.29, 1.82) is 0 Å². The SMILES string of the molecule is NC[C@@H]1C[C@H](O[C@H]2[C@@H](O)[C@H](O[C@@H]3[C@@H](O)[C@H](N)C[C@H](N)[C@H]3O[C@H]3O[C@H](CN)C(F)(F)[C@H](O)[C@H]3N)O[C@@H]2CO)[C@H](N)[C@@H](O)[C@@H]1O.[N-]=[N+]=NC[C@@H]1C[C@H](O[C@H]2[C@@H](O)[C@H](O[C@@H]3[C@@H](O)[C@H](N=[N+]=[N-])C[C@H](N=[N+]=[N-])[C@H]3O[C@H]3O[C@H](CN=[N+]=[N-])C(F)(F)[C@H](O)[C@H]3N=[N+]=[N-])O[C@@H]2CO)[C@H](N=[N+]=[N-])[C@@H](O)[C@@H]1O. The molecule has 0 aromatic rings. The first kappa shape index (κ1) is 79.8. The van der Waals surface area contributed by atoms with Gasteiger partial charge in [0.1, 0.15) is 85.4 Å². The predicted octanol–water partition coefficient (Wildman–Crippen LogP) is -5.81. The van der Waals surface area contributed by atoms with E-state index < -0.39 is 264 Å². The molecule has 0 aromatic heterocycles. The minimum absolute atomic E-state index is 0.00180. The Kier molecular flexibility index (Phi) is 28.4. The van der Waals surface area contributed by atoms with Gasteiger partial charge >= 0.3 is 5.92 Å². The Morgan fingerprint density at radius 1 is 0.408 bits per heavy atom. The van der Waals surface area contributed by atoms with Gasteiger partial charge in [0.25, 0.3) is 5.92 Å². The zero-order valence-corrected chi connectivity index (χ0v) is 51.3. The van der Waals surface area contributed by atoms with Crippen molar-refractivity contribution in [3.8, 4) is 0 Å². The summed E-state index contributed by atoms with van der Waals surface area (Å²) in [6, 6.07) is -11.3. The molecule has 24 N–H and O–H groups in total. The largest absolute Gasteiger partial charge is 0.394 e. The van der Waals surface area contributed by atoms with E-state index in [9.17, 15) is 75.6 Å². The smallest absolute Gasteiger partial charge is 0.302 e. The van der Waals surface area contributed by atoms with Crippen LogP contribution >= 0.6 is 0 Å².